The van der Waals surface area contributed by atoms with Gasteiger partial charge in [0.15, 0.2) is 0 Å². The van der Waals surface area contributed by atoms with Crippen LogP contribution in [0.4, 0.5) is 0 Å². The maximum absolute atomic E-state index is 5.27. The van der Waals surface area contributed by atoms with Gasteiger partial charge in [0.25, 0.3) is 0 Å². The highest BCUT2D eigenvalue weighted by molar-refractivity contribution is 6.05. The average Bonchev–Trinajstić information content (AvgIpc) is 3.09. The van der Waals surface area contributed by atoms with Gasteiger partial charge in [0.1, 0.15) is 5.82 Å². The summed E-state index contributed by atoms with van der Waals surface area (Å²) >= 11 is 0. The second-order valence-electron chi connectivity index (χ2n) is 11.0. The normalized spacial score (nSPS) is 14.2. The Morgan fingerprint density at radius 2 is 1.29 bits per heavy atom. The molecular formula is C33H32N2. The fourth-order valence-corrected chi connectivity index (χ4v) is 5.94. The van der Waals surface area contributed by atoms with Crippen molar-refractivity contribution in [3.05, 3.63) is 95.4 Å². The van der Waals surface area contributed by atoms with E-state index in [0.29, 0.717) is 5.92 Å². The van der Waals surface area contributed by atoms with Crippen LogP contribution < -0.4 is 0 Å². The number of hydrogen-bond donors (Lipinski definition) is 0. The molecular weight excluding hydrogens is 424 g/mol. The maximum atomic E-state index is 5.27. The minimum absolute atomic E-state index is 0.208. The number of benzene rings is 4. The van der Waals surface area contributed by atoms with Crippen molar-refractivity contribution in [1.29, 1.82) is 0 Å². The van der Waals surface area contributed by atoms with Gasteiger partial charge in [-0.3, -0.25) is 0 Å². The summed E-state index contributed by atoms with van der Waals surface area (Å²) < 4.78 is 0. The van der Waals surface area contributed by atoms with Crippen molar-refractivity contribution in [3.63, 3.8) is 0 Å². The number of hydrogen-bond acceptors (Lipinski definition) is 2. The van der Waals surface area contributed by atoms with E-state index in [1.807, 2.05) is 0 Å². The summed E-state index contributed by atoms with van der Waals surface area (Å²) in [6, 6.07) is 26.6. The molecule has 0 saturated carbocycles. The van der Waals surface area contributed by atoms with Gasteiger partial charge in [0.05, 0.1) is 11.4 Å². The maximum Gasteiger partial charge on any atom is 0.131 e. The van der Waals surface area contributed by atoms with Crippen LogP contribution in [0.5, 0.6) is 0 Å². The molecule has 174 valence electrons. The quantitative estimate of drug-likeness (QED) is 0.271. The van der Waals surface area contributed by atoms with Crippen molar-refractivity contribution in [1.82, 2.24) is 9.97 Å². The highest BCUT2D eigenvalue weighted by atomic mass is 14.9. The van der Waals surface area contributed by atoms with Gasteiger partial charge in [0, 0.05) is 22.5 Å². The molecule has 4 aromatic carbocycles. The van der Waals surface area contributed by atoms with Crippen LogP contribution in [0.2, 0.25) is 0 Å². The molecule has 0 radical (unpaired) electrons. The molecule has 0 bridgehead atoms. The molecule has 0 atom stereocenters. The van der Waals surface area contributed by atoms with E-state index in [0.717, 1.165) is 17.2 Å². The lowest BCUT2D eigenvalue weighted by Crippen LogP contribution is -2.19. The van der Waals surface area contributed by atoms with Gasteiger partial charge < -0.3 is 0 Å². The Balaban J connectivity index is 1.75. The largest absolute Gasteiger partial charge is 0.236 e. The molecule has 1 aliphatic rings. The van der Waals surface area contributed by atoms with E-state index in [2.05, 4.69) is 114 Å². The van der Waals surface area contributed by atoms with Crippen LogP contribution in [0.25, 0.3) is 43.9 Å². The van der Waals surface area contributed by atoms with Crippen molar-refractivity contribution < 1.29 is 0 Å². The second kappa shape index (κ2) is 7.75. The van der Waals surface area contributed by atoms with Gasteiger partial charge in [-0.05, 0) is 44.2 Å². The van der Waals surface area contributed by atoms with E-state index in [9.17, 15) is 0 Å². The van der Waals surface area contributed by atoms with Crippen LogP contribution in [0, 0.1) is 0 Å². The molecule has 0 unspecified atom stereocenters. The van der Waals surface area contributed by atoms with Crippen LogP contribution in [-0.2, 0) is 5.41 Å². The van der Waals surface area contributed by atoms with E-state index in [4.69, 9.17) is 9.97 Å². The first-order valence-corrected chi connectivity index (χ1v) is 12.8. The van der Waals surface area contributed by atoms with Crippen molar-refractivity contribution in [2.24, 2.45) is 0 Å². The molecule has 35 heavy (non-hydrogen) atoms. The van der Waals surface area contributed by atoms with Crippen LogP contribution >= 0.6 is 0 Å². The molecule has 1 aromatic heterocycles. The molecule has 6 rings (SSSR count). The predicted molar refractivity (Wildman–Crippen MR) is 148 cm³/mol. The number of nitrogens with zero attached hydrogens (tertiary/aromatic N) is 2. The number of aromatic nitrogens is 2. The smallest absolute Gasteiger partial charge is 0.131 e. The van der Waals surface area contributed by atoms with Crippen molar-refractivity contribution >= 4 is 21.5 Å². The molecule has 0 spiro atoms. The monoisotopic (exact) mass is 456 g/mol. The fourth-order valence-electron chi connectivity index (χ4n) is 5.94. The summed E-state index contributed by atoms with van der Waals surface area (Å²) in [6.07, 6.45) is 0. The Hall–Kier alpha value is -3.52. The zero-order chi connectivity index (χ0) is 24.5. The fraction of sp³-hybridized carbons (Fsp3) is 0.273. The standard InChI is InChI=1S/C33H32N2/c1-19(2)22-17-18-26(25-14-10-9-13-24(22)25)30-28-27-16-15-21-11-7-8-12-23(21)29(27)33(5,6)31(28)35-32(34-30)20(3)4/h7-20H,1-6H3. The average molecular weight is 457 g/mol. The van der Waals surface area contributed by atoms with Gasteiger partial charge in [-0.2, -0.15) is 0 Å². The zero-order valence-electron chi connectivity index (χ0n) is 21.5. The molecule has 0 amide bonds. The van der Waals surface area contributed by atoms with Gasteiger partial charge in [-0.1, -0.05) is 114 Å². The molecule has 1 aliphatic carbocycles. The summed E-state index contributed by atoms with van der Waals surface area (Å²) in [6.45, 7) is 13.6. The topological polar surface area (TPSA) is 25.8 Å². The first kappa shape index (κ1) is 22.0. The molecule has 0 fully saturated rings. The third-order valence-electron chi connectivity index (χ3n) is 7.69. The third kappa shape index (κ3) is 3.16. The van der Waals surface area contributed by atoms with E-state index in [1.165, 1.54) is 49.4 Å². The predicted octanol–water partition coefficient (Wildman–Crippen LogP) is 9.00. The van der Waals surface area contributed by atoms with E-state index >= 15 is 0 Å². The molecule has 1 heterocycles. The van der Waals surface area contributed by atoms with Crippen LogP contribution in [0.3, 0.4) is 0 Å². The molecule has 0 aliphatic heterocycles. The van der Waals surface area contributed by atoms with Gasteiger partial charge in [-0.15, -0.1) is 0 Å². The van der Waals surface area contributed by atoms with E-state index in [-0.39, 0.29) is 11.3 Å². The first-order valence-electron chi connectivity index (χ1n) is 12.8. The SMILES string of the molecule is CC(C)c1nc(-c2ccc(C(C)C)c3ccccc23)c2c(n1)C(C)(C)c1c-2ccc2ccccc12. The van der Waals surface area contributed by atoms with Gasteiger partial charge in [0.2, 0.25) is 0 Å². The zero-order valence-corrected chi connectivity index (χ0v) is 21.5. The lowest BCUT2D eigenvalue weighted by molar-refractivity contribution is 0.626. The Kier molecular flexibility index (Phi) is 4.86. The molecule has 0 saturated heterocycles. The van der Waals surface area contributed by atoms with Crippen LogP contribution in [0.1, 0.15) is 76.0 Å². The Morgan fingerprint density at radius 3 is 2.00 bits per heavy atom. The van der Waals surface area contributed by atoms with E-state index in [1.54, 1.807) is 0 Å². The highest BCUT2D eigenvalue weighted by Crippen LogP contribution is 2.54. The Bertz CT molecular complexity index is 1620. The van der Waals surface area contributed by atoms with Crippen LogP contribution in [0.15, 0.2) is 72.8 Å². The van der Waals surface area contributed by atoms with Crippen molar-refractivity contribution in [2.45, 2.75) is 58.8 Å². The minimum atomic E-state index is -0.208. The summed E-state index contributed by atoms with van der Waals surface area (Å²) in [7, 11) is 0. The summed E-state index contributed by atoms with van der Waals surface area (Å²) in [5.74, 6) is 1.62. The Labute approximate surface area is 208 Å². The molecule has 2 nitrogen and oxygen atoms in total. The van der Waals surface area contributed by atoms with E-state index < -0.39 is 0 Å². The first-order chi connectivity index (χ1) is 16.8. The molecule has 2 heteroatoms. The number of rotatable bonds is 3. The van der Waals surface area contributed by atoms with Gasteiger partial charge in [-0.25, -0.2) is 9.97 Å². The molecule has 0 N–H and O–H groups in total. The number of fused-ring (bicyclic) bond motifs is 6. The lowest BCUT2D eigenvalue weighted by atomic mass is 9.82. The molecule has 5 aromatic rings. The van der Waals surface area contributed by atoms with Crippen LogP contribution in [-0.4, -0.2) is 9.97 Å². The summed E-state index contributed by atoms with van der Waals surface area (Å²) in [5, 5.41) is 5.17. The van der Waals surface area contributed by atoms with Gasteiger partial charge >= 0.3 is 0 Å². The second-order valence-corrected chi connectivity index (χ2v) is 11.0. The Morgan fingerprint density at radius 1 is 0.629 bits per heavy atom. The highest BCUT2D eigenvalue weighted by Gasteiger charge is 2.41. The summed E-state index contributed by atoms with van der Waals surface area (Å²) in [5.41, 5.74) is 8.41. The van der Waals surface area contributed by atoms with Crippen molar-refractivity contribution in [3.8, 4) is 22.4 Å². The minimum Gasteiger partial charge on any atom is -0.236 e. The van der Waals surface area contributed by atoms with Crippen molar-refractivity contribution in [2.75, 3.05) is 0 Å². The lowest BCUT2D eigenvalue weighted by Gasteiger charge is -2.23. The third-order valence-corrected chi connectivity index (χ3v) is 7.69. The summed E-state index contributed by atoms with van der Waals surface area (Å²) in [4.78, 5) is 10.5.